The molecule has 0 saturated carbocycles. The van der Waals surface area contributed by atoms with Crippen molar-refractivity contribution in [3.63, 3.8) is 0 Å². The molecule has 3 rings (SSSR count). The number of benzene rings is 2. The molecule has 9 heteroatoms. The molecule has 1 heterocycles. The van der Waals surface area contributed by atoms with Crippen molar-refractivity contribution in [3.05, 3.63) is 76.7 Å². The molecule has 1 aromatic heterocycles. The molecule has 2 amide bonds. The Morgan fingerprint density at radius 1 is 1.00 bits per heavy atom. The number of carbonyl (C=O) groups excluding carboxylic acids is 2. The zero-order valence-electron chi connectivity index (χ0n) is 17.4. The normalized spacial score (nSPS) is 11.1. The number of rotatable bonds is 7. The van der Waals surface area contributed by atoms with Gasteiger partial charge in [0.2, 0.25) is 5.91 Å². The van der Waals surface area contributed by atoms with E-state index in [-0.39, 0.29) is 27.9 Å². The molecule has 0 unspecified atom stereocenters. The van der Waals surface area contributed by atoms with Gasteiger partial charge in [-0.3, -0.25) is 14.3 Å². The van der Waals surface area contributed by atoms with Crippen LogP contribution >= 0.6 is 11.3 Å². The number of anilines is 2. The standard InChI is InChI=1S/C22H23N3O4S2/c1-15-7-4-8-16(2)21(15)23-19(26)14-25(3)22(27)17-9-5-10-18(13-17)24-31(28,29)20-11-6-12-30-20/h4-13,24H,14H2,1-3H3,(H,23,26). The lowest BCUT2D eigenvalue weighted by atomic mass is 10.1. The fraction of sp³-hybridized carbons (Fsp3) is 0.182. The van der Waals surface area contributed by atoms with Gasteiger partial charge in [-0.2, -0.15) is 0 Å². The molecule has 0 atom stereocenters. The van der Waals surface area contributed by atoms with Gasteiger partial charge < -0.3 is 10.2 Å². The van der Waals surface area contributed by atoms with E-state index in [1.165, 1.54) is 24.1 Å². The van der Waals surface area contributed by atoms with Crippen LogP contribution in [0.15, 0.2) is 64.2 Å². The van der Waals surface area contributed by atoms with Crippen LogP contribution in [0, 0.1) is 13.8 Å². The highest BCUT2D eigenvalue weighted by Gasteiger charge is 2.19. The van der Waals surface area contributed by atoms with E-state index in [1.807, 2.05) is 32.0 Å². The molecule has 3 aromatic rings. The van der Waals surface area contributed by atoms with Crippen LogP contribution in [-0.2, 0) is 14.8 Å². The van der Waals surface area contributed by atoms with E-state index in [1.54, 1.807) is 29.6 Å². The lowest BCUT2D eigenvalue weighted by molar-refractivity contribution is -0.116. The summed E-state index contributed by atoms with van der Waals surface area (Å²) in [5.74, 6) is -0.711. The van der Waals surface area contributed by atoms with Crippen molar-refractivity contribution in [3.8, 4) is 0 Å². The first-order chi connectivity index (χ1) is 14.7. The van der Waals surface area contributed by atoms with Crippen LogP contribution < -0.4 is 10.0 Å². The van der Waals surface area contributed by atoms with Gasteiger partial charge in [-0.1, -0.05) is 30.3 Å². The number of thiophene rings is 1. The summed E-state index contributed by atoms with van der Waals surface area (Å²) in [4.78, 5) is 26.5. The average Bonchev–Trinajstić information content (AvgIpc) is 3.26. The molecule has 7 nitrogen and oxygen atoms in total. The van der Waals surface area contributed by atoms with E-state index in [0.29, 0.717) is 0 Å². The van der Waals surface area contributed by atoms with Crippen LogP contribution in [0.3, 0.4) is 0 Å². The zero-order chi connectivity index (χ0) is 22.6. The fourth-order valence-electron chi connectivity index (χ4n) is 3.04. The van der Waals surface area contributed by atoms with Crippen LogP contribution in [0.5, 0.6) is 0 Å². The van der Waals surface area contributed by atoms with Crippen LogP contribution in [0.2, 0.25) is 0 Å². The minimum Gasteiger partial charge on any atom is -0.332 e. The lowest BCUT2D eigenvalue weighted by Crippen LogP contribution is -2.35. The van der Waals surface area contributed by atoms with Crippen LogP contribution in [0.25, 0.3) is 0 Å². The average molecular weight is 458 g/mol. The van der Waals surface area contributed by atoms with E-state index < -0.39 is 15.9 Å². The highest BCUT2D eigenvalue weighted by Crippen LogP contribution is 2.22. The highest BCUT2D eigenvalue weighted by molar-refractivity contribution is 7.94. The second kappa shape index (κ2) is 9.32. The number of amides is 2. The van der Waals surface area contributed by atoms with Gasteiger partial charge in [0.1, 0.15) is 4.21 Å². The maximum Gasteiger partial charge on any atom is 0.271 e. The number of likely N-dealkylation sites (N-methyl/N-ethyl adjacent to an activating group) is 1. The van der Waals surface area contributed by atoms with E-state index in [4.69, 9.17) is 0 Å². The van der Waals surface area contributed by atoms with Crippen molar-refractivity contribution < 1.29 is 18.0 Å². The Bertz CT molecular complexity index is 1190. The first kappa shape index (κ1) is 22.5. The van der Waals surface area contributed by atoms with E-state index >= 15 is 0 Å². The lowest BCUT2D eigenvalue weighted by Gasteiger charge is -2.18. The van der Waals surface area contributed by atoms with Gasteiger partial charge in [0.25, 0.3) is 15.9 Å². The van der Waals surface area contributed by atoms with Gasteiger partial charge in [0.15, 0.2) is 0 Å². The Hall–Kier alpha value is -3.17. The third kappa shape index (κ3) is 5.50. The van der Waals surface area contributed by atoms with Crippen molar-refractivity contribution in [2.75, 3.05) is 23.6 Å². The van der Waals surface area contributed by atoms with Crippen LogP contribution in [0.4, 0.5) is 11.4 Å². The van der Waals surface area contributed by atoms with Gasteiger partial charge in [-0.05, 0) is 54.6 Å². The summed E-state index contributed by atoms with van der Waals surface area (Å²) in [6, 6.07) is 15.1. The van der Waals surface area contributed by atoms with Gasteiger partial charge in [0, 0.05) is 24.0 Å². The second-order valence-electron chi connectivity index (χ2n) is 7.09. The van der Waals surface area contributed by atoms with Crippen molar-refractivity contribution in [1.29, 1.82) is 0 Å². The third-order valence-corrected chi connectivity index (χ3v) is 7.37. The van der Waals surface area contributed by atoms with Crippen molar-refractivity contribution in [2.45, 2.75) is 18.1 Å². The molecule has 31 heavy (non-hydrogen) atoms. The molecule has 0 fully saturated rings. The number of hydrogen-bond acceptors (Lipinski definition) is 5. The van der Waals surface area contributed by atoms with Gasteiger partial charge in [-0.15, -0.1) is 11.3 Å². The molecule has 0 aliphatic carbocycles. The Morgan fingerprint density at radius 2 is 1.68 bits per heavy atom. The monoisotopic (exact) mass is 457 g/mol. The molecule has 0 spiro atoms. The summed E-state index contributed by atoms with van der Waals surface area (Å²) >= 11 is 1.10. The van der Waals surface area contributed by atoms with Crippen molar-refractivity contribution >= 4 is 44.5 Å². The molecule has 2 N–H and O–H groups in total. The highest BCUT2D eigenvalue weighted by atomic mass is 32.2. The first-order valence-electron chi connectivity index (χ1n) is 9.45. The largest absolute Gasteiger partial charge is 0.332 e. The molecule has 0 aliphatic rings. The van der Waals surface area contributed by atoms with E-state index in [9.17, 15) is 18.0 Å². The molecular weight excluding hydrogens is 434 g/mol. The van der Waals surface area contributed by atoms with E-state index in [0.717, 1.165) is 28.2 Å². The minimum absolute atomic E-state index is 0.141. The predicted octanol–water partition coefficient (Wildman–Crippen LogP) is 3.88. The number of sulfonamides is 1. The Morgan fingerprint density at radius 3 is 2.32 bits per heavy atom. The number of nitrogens with one attached hydrogen (secondary N) is 2. The summed E-state index contributed by atoms with van der Waals surface area (Å²) in [6.45, 7) is 3.66. The number of para-hydroxylation sites is 1. The molecule has 0 aliphatic heterocycles. The number of carbonyl (C=O) groups is 2. The smallest absolute Gasteiger partial charge is 0.271 e. The number of nitrogens with zero attached hydrogens (tertiary/aromatic N) is 1. The fourth-order valence-corrected chi connectivity index (χ4v) is 5.08. The Balaban J connectivity index is 1.68. The first-order valence-corrected chi connectivity index (χ1v) is 11.8. The molecule has 0 bridgehead atoms. The summed E-state index contributed by atoms with van der Waals surface area (Å²) in [7, 11) is -2.19. The minimum atomic E-state index is -3.71. The van der Waals surface area contributed by atoms with Gasteiger partial charge >= 0.3 is 0 Å². The number of aryl methyl sites for hydroxylation is 2. The van der Waals surface area contributed by atoms with E-state index in [2.05, 4.69) is 10.0 Å². The molecule has 0 saturated heterocycles. The Kier molecular flexibility index (Phi) is 6.77. The van der Waals surface area contributed by atoms with Crippen LogP contribution in [-0.4, -0.2) is 38.7 Å². The van der Waals surface area contributed by atoms with Crippen molar-refractivity contribution in [1.82, 2.24) is 4.90 Å². The quantitative estimate of drug-likeness (QED) is 0.563. The molecule has 162 valence electrons. The van der Waals surface area contributed by atoms with Gasteiger partial charge in [-0.25, -0.2) is 8.42 Å². The summed E-state index contributed by atoms with van der Waals surface area (Å²) < 4.78 is 27.5. The maximum atomic E-state index is 12.8. The van der Waals surface area contributed by atoms with Crippen molar-refractivity contribution in [2.24, 2.45) is 0 Å². The SMILES string of the molecule is Cc1cccc(C)c1NC(=O)CN(C)C(=O)c1cccc(NS(=O)(=O)c2cccs2)c1. The third-order valence-electron chi connectivity index (χ3n) is 4.59. The molecular formula is C22H23N3O4S2. The summed E-state index contributed by atoms with van der Waals surface area (Å²) in [5, 5.41) is 4.52. The second-order valence-corrected chi connectivity index (χ2v) is 9.95. The Labute approximate surface area is 185 Å². The van der Waals surface area contributed by atoms with Gasteiger partial charge in [0.05, 0.1) is 6.54 Å². The predicted molar refractivity (Wildman–Crippen MR) is 123 cm³/mol. The summed E-state index contributed by atoms with van der Waals surface area (Å²) in [6.07, 6.45) is 0. The maximum absolute atomic E-state index is 12.8. The zero-order valence-corrected chi connectivity index (χ0v) is 19.0. The topological polar surface area (TPSA) is 95.6 Å². The number of hydrogen-bond donors (Lipinski definition) is 2. The van der Waals surface area contributed by atoms with Crippen LogP contribution in [0.1, 0.15) is 21.5 Å². The molecule has 0 radical (unpaired) electrons. The summed E-state index contributed by atoms with van der Waals surface area (Å²) in [5.41, 5.74) is 3.15. The molecule has 2 aromatic carbocycles.